The van der Waals surface area contributed by atoms with Crippen molar-refractivity contribution >= 4 is 0 Å². The van der Waals surface area contributed by atoms with Gasteiger partial charge in [0.05, 0.1) is 0 Å². The summed E-state index contributed by atoms with van der Waals surface area (Å²) in [5.74, 6) is -0.0172. The molecular weight excluding hydrogens is 229 g/mol. The van der Waals surface area contributed by atoms with E-state index in [2.05, 4.69) is 17.4 Å². The molecule has 0 bridgehead atoms. The van der Waals surface area contributed by atoms with Crippen LogP contribution in [0.2, 0.25) is 0 Å². The van der Waals surface area contributed by atoms with Crippen LogP contribution in [0, 0.1) is 5.82 Å². The van der Waals surface area contributed by atoms with Crippen molar-refractivity contribution in [3.05, 3.63) is 65.0 Å². The summed E-state index contributed by atoms with van der Waals surface area (Å²) in [6.45, 7) is 2.24. The lowest BCUT2D eigenvalue weighted by Gasteiger charge is -2.08. The van der Waals surface area contributed by atoms with Crippen molar-refractivity contribution in [2.45, 2.75) is 19.7 Å². The van der Waals surface area contributed by atoms with E-state index in [0.29, 0.717) is 12.4 Å². The molecule has 92 valence electrons. The fraction of sp³-hybridized carbons (Fsp3) is 0.200. The number of hydrogen-bond acceptors (Lipinski definition) is 2. The summed E-state index contributed by atoms with van der Waals surface area (Å²) in [5.41, 5.74) is 3.72. The van der Waals surface area contributed by atoms with Crippen LogP contribution in [0.15, 0.2) is 42.5 Å². The van der Waals surface area contributed by atoms with E-state index in [1.165, 1.54) is 17.2 Å². The monoisotopic (exact) mass is 243 g/mol. The number of rotatable bonds is 3. The van der Waals surface area contributed by atoms with E-state index in [1.807, 2.05) is 6.07 Å². The second-order valence-corrected chi connectivity index (χ2v) is 4.43. The molecule has 2 nitrogen and oxygen atoms in total. The molecule has 0 aliphatic carbocycles. The Balaban J connectivity index is 1.72. The van der Waals surface area contributed by atoms with Crippen LogP contribution in [0.5, 0.6) is 5.75 Å². The van der Waals surface area contributed by atoms with Crippen molar-refractivity contribution in [3.63, 3.8) is 0 Å². The number of ether oxygens (including phenoxy) is 1. The Bertz CT molecular complexity index is 568. The zero-order valence-corrected chi connectivity index (χ0v) is 9.95. The maximum absolute atomic E-state index is 13.4. The van der Waals surface area contributed by atoms with Gasteiger partial charge in [-0.05, 0) is 28.8 Å². The van der Waals surface area contributed by atoms with E-state index in [1.54, 1.807) is 18.2 Å². The van der Waals surface area contributed by atoms with Crippen molar-refractivity contribution in [2.75, 3.05) is 0 Å². The van der Waals surface area contributed by atoms with Crippen molar-refractivity contribution < 1.29 is 9.13 Å². The molecule has 0 atom stereocenters. The van der Waals surface area contributed by atoms with Crippen LogP contribution < -0.4 is 10.1 Å². The normalized spacial score (nSPS) is 13.4. The van der Waals surface area contributed by atoms with Gasteiger partial charge in [-0.15, -0.1) is 0 Å². The van der Waals surface area contributed by atoms with Crippen molar-refractivity contribution in [3.8, 4) is 5.75 Å². The molecule has 1 aliphatic heterocycles. The molecule has 0 aromatic heterocycles. The van der Waals surface area contributed by atoms with Gasteiger partial charge in [0.1, 0.15) is 6.61 Å². The van der Waals surface area contributed by atoms with Gasteiger partial charge in [0.15, 0.2) is 11.6 Å². The molecule has 0 amide bonds. The SMILES string of the molecule is Fc1ccccc1OCc1ccc2c(c1)CNC2. The molecule has 1 N–H and O–H groups in total. The number of fused-ring (bicyclic) bond motifs is 1. The molecule has 0 fully saturated rings. The van der Waals surface area contributed by atoms with Crippen molar-refractivity contribution in [1.29, 1.82) is 0 Å². The van der Waals surface area contributed by atoms with E-state index < -0.39 is 0 Å². The predicted molar refractivity (Wildman–Crippen MR) is 67.7 cm³/mol. The first kappa shape index (κ1) is 11.2. The van der Waals surface area contributed by atoms with Gasteiger partial charge in [-0.3, -0.25) is 0 Å². The molecule has 1 aliphatic rings. The van der Waals surface area contributed by atoms with E-state index in [4.69, 9.17) is 4.74 Å². The standard InChI is InChI=1S/C15H14FNO/c16-14-3-1-2-4-15(14)18-10-11-5-6-12-8-17-9-13(12)7-11/h1-7,17H,8-10H2. The molecule has 2 aromatic rings. The molecule has 0 saturated carbocycles. The van der Waals surface area contributed by atoms with Crippen LogP contribution in [0.3, 0.4) is 0 Å². The second kappa shape index (κ2) is 4.78. The van der Waals surface area contributed by atoms with Crippen LogP contribution in [-0.2, 0) is 19.7 Å². The minimum Gasteiger partial charge on any atom is -0.486 e. The van der Waals surface area contributed by atoms with Gasteiger partial charge >= 0.3 is 0 Å². The highest BCUT2D eigenvalue weighted by atomic mass is 19.1. The largest absolute Gasteiger partial charge is 0.486 e. The quantitative estimate of drug-likeness (QED) is 0.894. The average molecular weight is 243 g/mol. The van der Waals surface area contributed by atoms with E-state index in [-0.39, 0.29) is 5.82 Å². The Morgan fingerprint density at radius 1 is 1.06 bits per heavy atom. The predicted octanol–water partition coefficient (Wildman–Crippen LogP) is 3.01. The molecule has 0 spiro atoms. The molecule has 0 saturated heterocycles. The Labute approximate surface area is 105 Å². The summed E-state index contributed by atoms with van der Waals surface area (Å²) in [7, 11) is 0. The van der Waals surface area contributed by atoms with Gasteiger partial charge in [0, 0.05) is 13.1 Å². The highest BCUT2D eigenvalue weighted by Gasteiger charge is 2.10. The highest BCUT2D eigenvalue weighted by Crippen LogP contribution is 2.20. The minimum atomic E-state index is -0.319. The number of benzene rings is 2. The maximum Gasteiger partial charge on any atom is 0.165 e. The van der Waals surface area contributed by atoms with Crippen LogP contribution in [-0.4, -0.2) is 0 Å². The Kier molecular flexibility index (Phi) is 2.99. The zero-order chi connectivity index (χ0) is 12.4. The minimum absolute atomic E-state index is 0.302. The molecule has 3 rings (SSSR count). The van der Waals surface area contributed by atoms with Crippen LogP contribution in [0.25, 0.3) is 0 Å². The summed E-state index contributed by atoms with van der Waals surface area (Å²) >= 11 is 0. The van der Waals surface area contributed by atoms with Gasteiger partial charge in [-0.2, -0.15) is 0 Å². The summed E-state index contributed by atoms with van der Waals surface area (Å²) in [6, 6.07) is 12.7. The van der Waals surface area contributed by atoms with Gasteiger partial charge in [0.2, 0.25) is 0 Å². The molecule has 3 heteroatoms. The van der Waals surface area contributed by atoms with Crippen molar-refractivity contribution in [1.82, 2.24) is 5.32 Å². The molecule has 2 aromatic carbocycles. The lowest BCUT2D eigenvalue weighted by Crippen LogP contribution is -2.00. The topological polar surface area (TPSA) is 21.3 Å². The van der Waals surface area contributed by atoms with Gasteiger partial charge in [-0.25, -0.2) is 4.39 Å². The lowest BCUT2D eigenvalue weighted by molar-refractivity contribution is 0.290. The van der Waals surface area contributed by atoms with Crippen LogP contribution in [0.1, 0.15) is 16.7 Å². The molecule has 0 radical (unpaired) electrons. The molecule has 18 heavy (non-hydrogen) atoms. The third-order valence-corrected chi connectivity index (χ3v) is 3.13. The van der Waals surface area contributed by atoms with Crippen molar-refractivity contribution in [2.24, 2.45) is 0 Å². The number of para-hydroxylation sites is 1. The summed E-state index contributed by atoms with van der Waals surface area (Å²) in [5, 5.41) is 3.30. The van der Waals surface area contributed by atoms with Gasteiger partial charge < -0.3 is 10.1 Å². The van der Waals surface area contributed by atoms with E-state index in [0.717, 1.165) is 18.7 Å². The zero-order valence-electron chi connectivity index (χ0n) is 9.95. The highest BCUT2D eigenvalue weighted by molar-refractivity contribution is 5.34. The maximum atomic E-state index is 13.4. The summed E-state index contributed by atoms with van der Waals surface area (Å²) in [6.07, 6.45) is 0. The second-order valence-electron chi connectivity index (χ2n) is 4.43. The fourth-order valence-corrected chi connectivity index (χ4v) is 2.16. The van der Waals surface area contributed by atoms with Crippen LogP contribution >= 0.6 is 0 Å². The number of nitrogens with one attached hydrogen (secondary N) is 1. The van der Waals surface area contributed by atoms with Crippen LogP contribution in [0.4, 0.5) is 4.39 Å². The molecule has 1 heterocycles. The smallest absolute Gasteiger partial charge is 0.165 e. The summed E-state index contributed by atoms with van der Waals surface area (Å²) < 4.78 is 18.9. The number of halogens is 1. The first-order valence-electron chi connectivity index (χ1n) is 6.01. The Morgan fingerprint density at radius 3 is 2.78 bits per heavy atom. The van der Waals surface area contributed by atoms with Gasteiger partial charge in [0.25, 0.3) is 0 Å². The third-order valence-electron chi connectivity index (χ3n) is 3.13. The lowest BCUT2D eigenvalue weighted by atomic mass is 10.1. The van der Waals surface area contributed by atoms with Gasteiger partial charge in [-0.1, -0.05) is 30.3 Å². The van der Waals surface area contributed by atoms with E-state index >= 15 is 0 Å². The Morgan fingerprint density at radius 2 is 1.89 bits per heavy atom. The Hall–Kier alpha value is -1.87. The third kappa shape index (κ3) is 2.22. The molecule has 0 unspecified atom stereocenters. The first-order chi connectivity index (χ1) is 8.83. The van der Waals surface area contributed by atoms with E-state index in [9.17, 15) is 4.39 Å². The summed E-state index contributed by atoms with van der Waals surface area (Å²) in [4.78, 5) is 0. The fourth-order valence-electron chi connectivity index (χ4n) is 2.16. The first-order valence-corrected chi connectivity index (χ1v) is 6.01. The molecular formula is C15H14FNO. The average Bonchev–Trinajstić information content (AvgIpc) is 2.85. The number of hydrogen-bond donors (Lipinski definition) is 1.